The minimum Gasteiger partial charge on any atom is -0.410 e. The number of benzene rings is 4. The van der Waals surface area contributed by atoms with Crippen LogP contribution in [0.3, 0.4) is 0 Å². The van der Waals surface area contributed by atoms with Gasteiger partial charge in [0.05, 0.1) is 11.8 Å². The standard InChI is InChI=1S/C35H27N3O2S/c36-24-35(21-26-23-41-32-18-10-8-15-28(26)32)33-30(19-20-38(35)34(39)40-27-13-5-2-6-14-27)29-16-7-9-17-31(29)37(33)22-25-11-3-1-4-12-25/h1-18,23H,19-22H2/t35-/m1/s1. The zero-order valence-electron chi connectivity index (χ0n) is 22.4. The van der Waals surface area contributed by atoms with E-state index < -0.39 is 11.6 Å². The van der Waals surface area contributed by atoms with Crippen LogP contribution in [0.1, 0.15) is 22.4 Å². The van der Waals surface area contributed by atoms with Crippen LogP contribution < -0.4 is 4.74 Å². The molecule has 6 heteroatoms. The Balaban J connectivity index is 1.45. The topological polar surface area (TPSA) is 58.3 Å². The normalized spacial score (nSPS) is 16.4. The first-order valence-corrected chi connectivity index (χ1v) is 14.6. The van der Waals surface area contributed by atoms with Crippen molar-refractivity contribution in [1.29, 1.82) is 5.26 Å². The van der Waals surface area contributed by atoms with Gasteiger partial charge in [0.25, 0.3) is 0 Å². The van der Waals surface area contributed by atoms with Crippen LogP contribution in [0.5, 0.6) is 5.75 Å². The lowest BCUT2D eigenvalue weighted by Crippen LogP contribution is -2.55. The summed E-state index contributed by atoms with van der Waals surface area (Å²) in [5, 5.41) is 15.6. The number of fused-ring (bicyclic) bond motifs is 4. The van der Waals surface area contributed by atoms with E-state index in [1.54, 1.807) is 28.4 Å². The Labute approximate surface area is 242 Å². The summed E-state index contributed by atoms with van der Waals surface area (Å²) in [7, 11) is 0. The molecular formula is C35H27N3O2S. The van der Waals surface area contributed by atoms with E-state index in [1.165, 1.54) is 0 Å². The van der Waals surface area contributed by atoms with Crippen molar-refractivity contribution >= 4 is 38.4 Å². The zero-order chi connectivity index (χ0) is 27.8. The predicted octanol–water partition coefficient (Wildman–Crippen LogP) is 7.92. The Kier molecular flexibility index (Phi) is 6.30. The van der Waals surface area contributed by atoms with E-state index in [2.05, 4.69) is 52.4 Å². The molecule has 2 aromatic heterocycles. The summed E-state index contributed by atoms with van der Waals surface area (Å²) in [5.41, 5.74) is 3.96. The molecule has 0 radical (unpaired) electrons. The average Bonchev–Trinajstić information content (AvgIpc) is 3.57. The maximum absolute atomic E-state index is 14.0. The SMILES string of the molecule is N#C[C@]1(Cc2csc3ccccc23)c2c(c3ccccc3n2Cc2ccccc2)CCN1C(=O)Oc1ccccc1. The molecule has 0 spiro atoms. The third-order valence-corrected chi connectivity index (χ3v) is 9.07. The number of thiophene rings is 1. The number of ether oxygens (including phenoxy) is 1. The van der Waals surface area contributed by atoms with Crippen molar-refractivity contribution < 1.29 is 9.53 Å². The highest BCUT2D eigenvalue weighted by Gasteiger charge is 2.50. The maximum Gasteiger partial charge on any atom is 0.416 e. The average molecular weight is 554 g/mol. The first kappa shape index (κ1) is 25.1. The highest BCUT2D eigenvalue weighted by Crippen LogP contribution is 2.45. The molecule has 0 aliphatic carbocycles. The second-order valence-electron chi connectivity index (χ2n) is 10.4. The van der Waals surface area contributed by atoms with Gasteiger partial charge in [0.2, 0.25) is 0 Å². The third kappa shape index (κ3) is 4.26. The lowest BCUT2D eigenvalue weighted by atomic mass is 9.81. The van der Waals surface area contributed by atoms with Gasteiger partial charge in [0.15, 0.2) is 5.54 Å². The van der Waals surface area contributed by atoms with Crippen LogP contribution >= 0.6 is 11.3 Å². The number of aromatic nitrogens is 1. The second kappa shape index (κ2) is 10.3. The van der Waals surface area contributed by atoms with E-state index in [-0.39, 0.29) is 0 Å². The molecule has 3 heterocycles. The number of hydrogen-bond donors (Lipinski definition) is 0. The molecule has 0 N–H and O–H groups in total. The van der Waals surface area contributed by atoms with Gasteiger partial charge in [-0.05, 0) is 58.1 Å². The fraction of sp³-hybridized carbons (Fsp3) is 0.143. The van der Waals surface area contributed by atoms with Gasteiger partial charge in [0.1, 0.15) is 5.75 Å². The van der Waals surface area contributed by atoms with Crippen LogP contribution in [0, 0.1) is 11.3 Å². The lowest BCUT2D eigenvalue weighted by Gasteiger charge is -2.42. The van der Waals surface area contributed by atoms with Gasteiger partial charge in [-0.25, -0.2) is 4.79 Å². The first-order chi connectivity index (χ1) is 20.2. The maximum atomic E-state index is 14.0. The Bertz CT molecular complexity index is 1920. The summed E-state index contributed by atoms with van der Waals surface area (Å²) < 4.78 is 9.31. The van der Waals surface area contributed by atoms with Gasteiger partial charge in [-0.15, -0.1) is 11.3 Å². The monoisotopic (exact) mass is 553 g/mol. The minimum atomic E-state index is -1.28. The Morgan fingerprint density at radius 1 is 0.878 bits per heavy atom. The number of carbonyl (C=O) groups excluding carboxylic acids is 1. The van der Waals surface area contributed by atoms with Crippen LogP contribution in [-0.4, -0.2) is 22.1 Å². The number of para-hydroxylation sites is 2. The lowest BCUT2D eigenvalue weighted by molar-refractivity contribution is 0.0959. The van der Waals surface area contributed by atoms with Crippen molar-refractivity contribution in [3.05, 3.63) is 137 Å². The van der Waals surface area contributed by atoms with Crippen molar-refractivity contribution in [1.82, 2.24) is 9.47 Å². The minimum absolute atomic E-state index is 0.357. The molecule has 1 amide bonds. The largest absolute Gasteiger partial charge is 0.416 e. The van der Waals surface area contributed by atoms with Gasteiger partial charge in [0, 0.05) is 35.1 Å². The summed E-state index contributed by atoms with van der Waals surface area (Å²) in [6.07, 6.45) is 0.477. The van der Waals surface area contributed by atoms with E-state index in [0.717, 1.165) is 43.4 Å². The van der Waals surface area contributed by atoms with Crippen molar-refractivity contribution in [3.63, 3.8) is 0 Å². The number of carbonyl (C=O) groups is 1. The first-order valence-electron chi connectivity index (χ1n) is 13.7. The molecule has 0 unspecified atom stereocenters. The summed E-state index contributed by atoms with van der Waals surface area (Å²) in [5.74, 6) is 0.459. The van der Waals surface area contributed by atoms with E-state index in [1.807, 2.05) is 60.7 Å². The molecule has 5 nitrogen and oxygen atoms in total. The smallest absolute Gasteiger partial charge is 0.410 e. The molecular weight excluding hydrogens is 526 g/mol. The molecule has 0 fully saturated rings. The van der Waals surface area contributed by atoms with Crippen LogP contribution in [0.15, 0.2) is 115 Å². The molecule has 7 rings (SSSR count). The Morgan fingerprint density at radius 3 is 2.34 bits per heavy atom. The summed E-state index contributed by atoms with van der Waals surface area (Å²) in [4.78, 5) is 15.6. The third-order valence-electron chi connectivity index (χ3n) is 8.06. The van der Waals surface area contributed by atoms with Crippen LogP contribution in [0.25, 0.3) is 21.0 Å². The molecule has 0 saturated carbocycles. The summed E-state index contributed by atoms with van der Waals surface area (Å²) in [6, 6.07) is 38.6. The number of rotatable bonds is 5. The van der Waals surface area contributed by atoms with E-state index in [4.69, 9.17) is 4.74 Å². The van der Waals surface area contributed by atoms with E-state index in [0.29, 0.717) is 31.7 Å². The Hall–Kier alpha value is -4.86. The van der Waals surface area contributed by atoms with E-state index in [9.17, 15) is 10.1 Å². The van der Waals surface area contributed by atoms with Crippen LogP contribution in [0.4, 0.5) is 4.79 Å². The van der Waals surface area contributed by atoms with Gasteiger partial charge >= 0.3 is 6.09 Å². The Morgan fingerprint density at radius 2 is 1.56 bits per heavy atom. The molecule has 6 aromatic rings. The van der Waals surface area contributed by atoms with Crippen molar-refractivity contribution in [2.75, 3.05) is 6.54 Å². The molecule has 0 saturated heterocycles. The summed E-state index contributed by atoms with van der Waals surface area (Å²) in [6.45, 7) is 0.972. The van der Waals surface area contributed by atoms with E-state index >= 15 is 0 Å². The molecule has 1 aliphatic rings. The molecule has 1 atom stereocenters. The number of nitrogens with zero attached hydrogens (tertiary/aromatic N) is 3. The number of nitriles is 1. The van der Waals surface area contributed by atoms with Gasteiger partial charge < -0.3 is 9.30 Å². The molecule has 0 bridgehead atoms. The fourth-order valence-electron chi connectivity index (χ4n) is 6.24. The number of hydrogen-bond acceptors (Lipinski definition) is 4. The highest BCUT2D eigenvalue weighted by atomic mass is 32.1. The van der Waals surface area contributed by atoms with Crippen molar-refractivity contribution in [3.8, 4) is 11.8 Å². The van der Waals surface area contributed by atoms with Gasteiger partial charge in [-0.2, -0.15) is 5.26 Å². The second-order valence-corrected chi connectivity index (χ2v) is 11.3. The predicted molar refractivity (Wildman–Crippen MR) is 163 cm³/mol. The van der Waals surface area contributed by atoms with Gasteiger partial charge in [-0.1, -0.05) is 84.9 Å². The highest BCUT2D eigenvalue weighted by molar-refractivity contribution is 7.17. The fourth-order valence-corrected chi connectivity index (χ4v) is 7.21. The zero-order valence-corrected chi connectivity index (χ0v) is 23.2. The number of amides is 1. The van der Waals surface area contributed by atoms with Crippen LogP contribution in [0.2, 0.25) is 0 Å². The molecule has 1 aliphatic heterocycles. The summed E-state index contributed by atoms with van der Waals surface area (Å²) >= 11 is 1.67. The molecule has 200 valence electrons. The van der Waals surface area contributed by atoms with Crippen molar-refractivity contribution in [2.45, 2.75) is 24.9 Å². The van der Waals surface area contributed by atoms with Crippen molar-refractivity contribution in [2.24, 2.45) is 0 Å². The quantitative estimate of drug-likeness (QED) is 0.218. The van der Waals surface area contributed by atoms with Crippen LogP contribution in [-0.2, 0) is 24.9 Å². The molecule has 4 aromatic carbocycles. The molecule has 41 heavy (non-hydrogen) atoms. The van der Waals surface area contributed by atoms with Gasteiger partial charge in [-0.3, -0.25) is 4.90 Å².